The van der Waals surface area contributed by atoms with Crippen molar-refractivity contribution in [2.45, 2.75) is 0 Å². The molecule has 2 N–H and O–H groups in total. The van der Waals surface area contributed by atoms with Gasteiger partial charge in [0.05, 0.1) is 5.30 Å². The van der Waals surface area contributed by atoms with E-state index in [0.717, 1.165) is 0 Å². The molecule has 0 amide bonds. The molecule has 0 saturated carbocycles. The van der Waals surface area contributed by atoms with Crippen molar-refractivity contribution in [2.24, 2.45) is 0 Å². The molecule has 1 radical (unpaired) electrons. The zero-order chi connectivity index (χ0) is 7.61. The molecule has 1 aromatic rings. The van der Waals surface area contributed by atoms with Crippen LogP contribution >= 0.6 is 7.60 Å². The Bertz CT molecular complexity index is 256. The van der Waals surface area contributed by atoms with Crippen molar-refractivity contribution < 1.29 is 34.5 Å². The average Bonchev–Trinajstić information content (AvgIpc) is 1.88. The molecule has 0 bridgehead atoms. The van der Waals surface area contributed by atoms with Crippen molar-refractivity contribution in [3.63, 3.8) is 0 Å². The summed E-state index contributed by atoms with van der Waals surface area (Å²) in [6.45, 7) is 0. The second kappa shape index (κ2) is 4.15. The van der Waals surface area contributed by atoms with Crippen molar-refractivity contribution in [3.8, 4) is 0 Å². The van der Waals surface area contributed by atoms with E-state index in [0.29, 0.717) is 0 Å². The first kappa shape index (κ1) is 11.0. The first-order valence-corrected chi connectivity index (χ1v) is 4.33. The summed E-state index contributed by atoms with van der Waals surface area (Å²) in [6.07, 6.45) is 0. The minimum atomic E-state index is -4.02. The van der Waals surface area contributed by atoms with E-state index in [1.165, 1.54) is 12.1 Å². The Morgan fingerprint density at radius 1 is 1.09 bits per heavy atom. The molecule has 1 aromatic carbocycles. The second-order valence-electron chi connectivity index (χ2n) is 1.88. The third-order valence-electron chi connectivity index (χ3n) is 1.09. The van der Waals surface area contributed by atoms with E-state index >= 15 is 0 Å². The van der Waals surface area contributed by atoms with E-state index in [1.54, 1.807) is 18.2 Å². The first-order chi connectivity index (χ1) is 4.61. The fourth-order valence-corrected chi connectivity index (χ4v) is 1.18. The molecule has 0 fully saturated rings. The molecule has 0 atom stereocenters. The summed E-state index contributed by atoms with van der Waals surface area (Å²) in [7, 11) is -4.02. The Kier molecular flexibility index (Phi) is 4.15. The maximum Gasteiger partial charge on any atom is 0.356 e. The van der Waals surface area contributed by atoms with Gasteiger partial charge >= 0.3 is 7.60 Å². The standard InChI is InChI=1S/C6H7O3P.Ir/c7-10(8,9)6-4-2-1-3-5-6;/h1-5H,(H2,7,8,9);. The third kappa shape index (κ3) is 3.28. The monoisotopic (exact) mass is 351 g/mol. The zero-order valence-electron chi connectivity index (χ0n) is 5.47. The van der Waals surface area contributed by atoms with Gasteiger partial charge in [-0.2, -0.15) is 0 Å². The van der Waals surface area contributed by atoms with Crippen LogP contribution in [0.15, 0.2) is 30.3 Å². The fourth-order valence-electron chi connectivity index (χ4n) is 0.622. The predicted octanol–water partition coefficient (Wildman–Crippen LogP) is 0.487. The maximum absolute atomic E-state index is 10.5. The van der Waals surface area contributed by atoms with Crippen LogP contribution in [0.3, 0.4) is 0 Å². The quantitative estimate of drug-likeness (QED) is 0.725. The van der Waals surface area contributed by atoms with Gasteiger partial charge < -0.3 is 9.79 Å². The normalized spacial score (nSPS) is 10.4. The number of rotatable bonds is 1. The van der Waals surface area contributed by atoms with Crippen LogP contribution in [0.5, 0.6) is 0 Å². The third-order valence-corrected chi connectivity index (χ3v) is 2.06. The molecule has 0 aliphatic rings. The number of hydrogen-bond acceptors (Lipinski definition) is 1. The SMILES string of the molecule is O=P(O)(O)c1ccccc1.[Ir]. The Hall–Kier alpha value is 0.0194. The van der Waals surface area contributed by atoms with Crippen LogP contribution in [0.25, 0.3) is 0 Å². The van der Waals surface area contributed by atoms with Crippen LogP contribution < -0.4 is 5.30 Å². The van der Waals surface area contributed by atoms with Gasteiger partial charge in [0, 0.05) is 20.1 Å². The van der Waals surface area contributed by atoms with E-state index in [4.69, 9.17) is 9.79 Å². The van der Waals surface area contributed by atoms with Crippen LogP contribution in [-0.4, -0.2) is 9.79 Å². The summed E-state index contributed by atoms with van der Waals surface area (Å²) in [5.74, 6) is 0. The summed E-state index contributed by atoms with van der Waals surface area (Å²) in [4.78, 5) is 17.2. The second-order valence-corrected chi connectivity index (χ2v) is 3.48. The molecule has 0 saturated heterocycles. The average molecular weight is 350 g/mol. The Morgan fingerprint density at radius 2 is 1.55 bits per heavy atom. The van der Waals surface area contributed by atoms with Crippen molar-refractivity contribution in [2.75, 3.05) is 0 Å². The van der Waals surface area contributed by atoms with Gasteiger partial charge in [-0.1, -0.05) is 18.2 Å². The van der Waals surface area contributed by atoms with Gasteiger partial charge in [-0.05, 0) is 12.1 Å². The summed E-state index contributed by atoms with van der Waals surface area (Å²) in [6, 6.07) is 7.70. The van der Waals surface area contributed by atoms with Crippen molar-refractivity contribution in [1.29, 1.82) is 0 Å². The molecule has 3 nitrogen and oxygen atoms in total. The largest absolute Gasteiger partial charge is 0.356 e. The van der Waals surface area contributed by atoms with E-state index in [2.05, 4.69) is 0 Å². The Morgan fingerprint density at radius 3 is 1.82 bits per heavy atom. The van der Waals surface area contributed by atoms with Crippen LogP contribution in [0.1, 0.15) is 0 Å². The van der Waals surface area contributed by atoms with E-state index in [9.17, 15) is 4.57 Å². The molecule has 63 valence electrons. The Balaban J connectivity index is 0.000001000. The summed E-state index contributed by atoms with van der Waals surface area (Å²) < 4.78 is 10.5. The van der Waals surface area contributed by atoms with Crippen molar-refractivity contribution in [1.82, 2.24) is 0 Å². The predicted molar refractivity (Wildman–Crippen MR) is 38.1 cm³/mol. The minimum Gasteiger partial charge on any atom is -0.321 e. The maximum atomic E-state index is 10.5. The van der Waals surface area contributed by atoms with E-state index < -0.39 is 7.60 Å². The smallest absolute Gasteiger partial charge is 0.321 e. The van der Waals surface area contributed by atoms with Gasteiger partial charge in [-0.25, -0.2) is 0 Å². The van der Waals surface area contributed by atoms with Gasteiger partial charge in [-0.3, -0.25) is 4.57 Å². The summed E-state index contributed by atoms with van der Waals surface area (Å²) in [5, 5.41) is 0.0648. The molecule has 1 rings (SSSR count). The zero-order valence-corrected chi connectivity index (χ0v) is 8.76. The molecular weight excluding hydrogens is 343 g/mol. The first-order valence-electron chi connectivity index (χ1n) is 2.72. The topological polar surface area (TPSA) is 57.5 Å². The Labute approximate surface area is 78.0 Å². The minimum absolute atomic E-state index is 0. The van der Waals surface area contributed by atoms with Gasteiger partial charge in [0.2, 0.25) is 0 Å². The summed E-state index contributed by atoms with van der Waals surface area (Å²) >= 11 is 0. The van der Waals surface area contributed by atoms with Crippen molar-refractivity contribution in [3.05, 3.63) is 30.3 Å². The van der Waals surface area contributed by atoms with Gasteiger partial charge in [0.25, 0.3) is 0 Å². The van der Waals surface area contributed by atoms with Crippen molar-refractivity contribution >= 4 is 12.9 Å². The van der Waals surface area contributed by atoms with Gasteiger partial charge in [0.15, 0.2) is 0 Å². The molecule has 0 spiro atoms. The molecule has 0 heterocycles. The molecule has 0 unspecified atom stereocenters. The van der Waals surface area contributed by atoms with Crippen LogP contribution in [0.2, 0.25) is 0 Å². The molecular formula is C6H7IrO3P. The number of hydrogen-bond donors (Lipinski definition) is 2. The van der Waals surface area contributed by atoms with E-state index in [1.807, 2.05) is 0 Å². The van der Waals surface area contributed by atoms with Crippen LogP contribution in [0.4, 0.5) is 0 Å². The van der Waals surface area contributed by atoms with E-state index in [-0.39, 0.29) is 25.4 Å². The van der Waals surface area contributed by atoms with Crippen LogP contribution in [0, 0.1) is 0 Å². The van der Waals surface area contributed by atoms with Gasteiger partial charge in [-0.15, -0.1) is 0 Å². The molecule has 11 heavy (non-hydrogen) atoms. The fraction of sp³-hybridized carbons (Fsp3) is 0. The molecule has 0 aliphatic heterocycles. The summed E-state index contributed by atoms with van der Waals surface area (Å²) in [5.41, 5.74) is 0. The number of benzene rings is 1. The van der Waals surface area contributed by atoms with Gasteiger partial charge in [0.1, 0.15) is 0 Å². The van der Waals surface area contributed by atoms with Crippen LogP contribution in [-0.2, 0) is 24.7 Å². The molecule has 0 aromatic heterocycles. The molecule has 5 heteroatoms. The molecule has 0 aliphatic carbocycles.